The van der Waals surface area contributed by atoms with E-state index in [2.05, 4.69) is 13.0 Å². The SMILES string of the molecule is CCCCCC(=O)/C=C/[C@@H]1[C@@H](CCCCCCC(=O)OC)CC[C@H]1OC1CCCCO1. The van der Waals surface area contributed by atoms with Gasteiger partial charge >= 0.3 is 5.97 Å². The first-order valence-electron chi connectivity index (χ1n) is 12.7. The lowest BCUT2D eigenvalue weighted by molar-refractivity contribution is -0.192. The fraction of sp³-hybridized carbons (Fsp3) is 0.846. The van der Waals surface area contributed by atoms with Crippen molar-refractivity contribution in [1.29, 1.82) is 0 Å². The van der Waals surface area contributed by atoms with Crippen molar-refractivity contribution in [3.05, 3.63) is 12.2 Å². The number of esters is 1. The predicted molar refractivity (Wildman–Crippen MR) is 123 cm³/mol. The largest absolute Gasteiger partial charge is 0.469 e. The second-order valence-electron chi connectivity index (χ2n) is 9.20. The third-order valence-corrected chi connectivity index (χ3v) is 6.72. The summed E-state index contributed by atoms with van der Waals surface area (Å²) in [6.07, 6.45) is 19.4. The maximum Gasteiger partial charge on any atom is 0.305 e. The fourth-order valence-corrected chi connectivity index (χ4v) is 4.84. The maximum atomic E-state index is 12.3. The molecule has 0 amide bonds. The van der Waals surface area contributed by atoms with Gasteiger partial charge in [-0.3, -0.25) is 9.59 Å². The van der Waals surface area contributed by atoms with Crippen molar-refractivity contribution < 1.29 is 23.8 Å². The predicted octanol–water partition coefficient (Wildman–Crippen LogP) is 6.14. The molecular weight excluding hydrogens is 392 g/mol. The summed E-state index contributed by atoms with van der Waals surface area (Å²) in [7, 11) is 1.45. The molecule has 1 heterocycles. The Morgan fingerprint density at radius 2 is 1.77 bits per heavy atom. The lowest BCUT2D eigenvalue weighted by Crippen LogP contribution is -2.30. The summed E-state index contributed by atoms with van der Waals surface area (Å²) < 4.78 is 16.9. The maximum absolute atomic E-state index is 12.3. The van der Waals surface area contributed by atoms with E-state index in [1.54, 1.807) is 0 Å². The molecule has 31 heavy (non-hydrogen) atoms. The van der Waals surface area contributed by atoms with Crippen molar-refractivity contribution in [2.75, 3.05) is 13.7 Å². The van der Waals surface area contributed by atoms with Crippen LogP contribution in [-0.4, -0.2) is 37.9 Å². The highest BCUT2D eigenvalue weighted by Gasteiger charge is 2.36. The molecule has 0 spiro atoms. The van der Waals surface area contributed by atoms with Gasteiger partial charge in [0.15, 0.2) is 12.1 Å². The smallest absolute Gasteiger partial charge is 0.305 e. The van der Waals surface area contributed by atoms with Gasteiger partial charge < -0.3 is 14.2 Å². The Balaban J connectivity index is 1.82. The minimum Gasteiger partial charge on any atom is -0.469 e. The number of ether oxygens (including phenoxy) is 3. The van der Waals surface area contributed by atoms with Crippen LogP contribution in [0, 0.1) is 11.8 Å². The van der Waals surface area contributed by atoms with Gasteiger partial charge in [-0.1, -0.05) is 45.1 Å². The molecule has 1 saturated carbocycles. The van der Waals surface area contributed by atoms with Crippen molar-refractivity contribution >= 4 is 11.8 Å². The second-order valence-corrected chi connectivity index (χ2v) is 9.20. The molecule has 0 N–H and O–H groups in total. The third-order valence-electron chi connectivity index (χ3n) is 6.72. The molecule has 1 aliphatic carbocycles. The van der Waals surface area contributed by atoms with E-state index in [9.17, 15) is 9.59 Å². The molecular formula is C26H44O5. The average molecular weight is 437 g/mol. The molecule has 1 unspecified atom stereocenters. The van der Waals surface area contributed by atoms with Crippen LogP contribution in [0.15, 0.2) is 12.2 Å². The van der Waals surface area contributed by atoms with Crippen LogP contribution in [0.2, 0.25) is 0 Å². The van der Waals surface area contributed by atoms with Crippen LogP contribution < -0.4 is 0 Å². The second kappa shape index (κ2) is 15.6. The highest BCUT2D eigenvalue weighted by atomic mass is 16.7. The molecule has 2 rings (SSSR count). The van der Waals surface area contributed by atoms with E-state index in [0.717, 1.165) is 83.7 Å². The summed E-state index contributed by atoms with van der Waals surface area (Å²) in [4.78, 5) is 23.5. The van der Waals surface area contributed by atoms with Crippen LogP contribution in [0.4, 0.5) is 0 Å². The third kappa shape index (κ3) is 10.3. The molecule has 1 aliphatic heterocycles. The zero-order valence-corrected chi connectivity index (χ0v) is 19.8. The molecule has 2 fully saturated rings. The molecule has 5 nitrogen and oxygen atoms in total. The Hall–Kier alpha value is -1.20. The highest BCUT2D eigenvalue weighted by molar-refractivity contribution is 5.89. The number of carbonyl (C=O) groups is 2. The van der Waals surface area contributed by atoms with Gasteiger partial charge in [0.1, 0.15) is 0 Å². The number of hydrogen-bond acceptors (Lipinski definition) is 5. The Bertz CT molecular complexity index is 538. The minimum atomic E-state index is -0.116. The van der Waals surface area contributed by atoms with E-state index in [1.807, 2.05) is 6.08 Å². The van der Waals surface area contributed by atoms with Crippen molar-refractivity contribution in [1.82, 2.24) is 0 Å². The fourth-order valence-electron chi connectivity index (χ4n) is 4.84. The molecule has 0 aromatic carbocycles. The van der Waals surface area contributed by atoms with E-state index in [1.165, 1.54) is 13.5 Å². The molecule has 5 heteroatoms. The van der Waals surface area contributed by atoms with Gasteiger partial charge in [-0.15, -0.1) is 0 Å². The van der Waals surface area contributed by atoms with Crippen molar-refractivity contribution in [3.63, 3.8) is 0 Å². The van der Waals surface area contributed by atoms with Crippen molar-refractivity contribution in [2.24, 2.45) is 11.8 Å². The first-order valence-corrected chi connectivity index (χ1v) is 12.7. The van der Waals surface area contributed by atoms with E-state index >= 15 is 0 Å². The van der Waals surface area contributed by atoms with Gasteiger partial charge in [-0.05, 0) is 63.4 Å². The summed E-state index contributed by atoms with van der Waals surface area (Å²) in [6.45, 7) is 2.96. The lowest BCUT2D eigenvalue weighted by Gasteiger charge is -2.29. The number of methoxy groups -OCH3 is 1. The number of hydrogen-bond donors (Lipinski definition) is 0. The summed E-state index contributed by atoms with van der Waals surface area (Å²) >= 11 is 0. The first-order chi connectivity index (χ1) is 15.1. The molecule has 0 radical (unpaired) electrons. The van der Waals surface area contributed by atoms with Gasteiger partial charge in [0.25, 0.3) is 0 Å². The zero-order chi connectivity index (χ0) is 22.3. The van der Waals surface area contributed by atoms with E-state index in [-0.39, 0.29) is 24.1 Å². The number of unbranched alkanes of at least 4 members (excludes halogenated alkanes) is 5. The average Bonchev–Trinajstić information content (AvgIpc) is 3.16. The van der Waals surface area contributed by atoms with Crippen molar-refractivity contribution in [2.45, 2.75) is 116 Å². The standard InChI is InChI=1S/C26H44O5/c1-3-4-7-13-22(27)17-18-23-21(12-8-5-6-9-14-25(28)29-2)16-19-24(23)31-26-15-10-11-20-30-26/h17-18,21,23-24,26H,3-16,19-20H2,1-2H3/b18-17+/t21-,23+,24+,26?/m0/s1. The van der Waals surface area contributed by atoms with E-state index in [0.29, 0.717) is 24.7 Å². The number of rotatable bonds is 15. The molecule has 0 aromatic heterocycles. The van der Waals surface area contributed by atoms with Crippen LogP contribution in [0.5, 0.6) is 0 Å². The van der Waals surface area contributed by atoms with Crippen LogP contribution in [0.3, 0.4) is 0 Å². The molecule has 0 aromatic rings. The van der Waals surface area contributed by atoms with E-state index in [4.69, 9.17) is 14.2 Å². The monoisotopic (exact) mass is 436 g/mol. The summed E-state index contributed by atoms with van der Waals surface area (Å²) in [6, 6.07) is 0. The Kier molecular flexibility index (Phi) is 13.1. The number of carbonyl (C=O) groups excluding carboxylic acids is 2. The van der Waals surface area contributed by atoms with Gasteiger partial charge in [0.2, 0.25) is 0 Å². The Morgan fingerprint density at radius 3 is 2.52 bits per heavy atom. The van der Waals surface area contributed by atoms with E-state index < -0.39 is 0 Å². The Morgan fingerprint density at radius 1 is 0.968 bits per heavy atom. The quantitative estimate of drug-likeness (QED) is 0.175. The number of ketones is 1. The summed E-state index contributed by atoms with van der Waals surface area (Å²) in [5, 5.41) is 0. The van der Waals surface area contributed by atoms with Gasteiger partial charge in [-0.25, -0.2) is 0 Å². The minimum absolute atomic E-state index is 0.0769. The first kappa shape index (κ1) is 26.1. The lowest BCUT2D eigenvalue weighted by atomic mass is 9.89. The van der Waals surface area contributed by atoms with Gasteiger partial charge in [0.05, 0.1) is 13.2 Å². The van der Waals surface area contributed by atoms with Crippen LogP contribution in [-0.2, 0) is 23.8 Å². The van der Waals surface area contributed by atoms with Crippen LogP contribution in [0.1, 0.15) is 103 Å². The normalized spacial score (nSPS) is 26.4. The Labute approximate surface area is 189 Å². The summed E-state index contributed by atoms with van der Waals surface area (Å²) in [5.41, 5.74) is 0. The molecule has 0 bridgehead atoms. The number of allylic oxidation sites excluding steroid dienone is 1. The van der Waals surface area contributed by atoms with Gasteiger partial charge in [0, 0.05) is 25.4 Å². The summed E-state index contributed by atoms with van der Waals surface area (Å²) in [5.74, 6) is 0.994. The van der Waals surface area contributed by atoms with Crippen LogP contribution in [0.25, 0.3) is 0 Å². The highest BCUT2D eigenvalue weighted by Crippen LogP contribution is 2.39. The zero-order valence-electron chi connectivity index (χ0n) is 19.8. The molecule has 2 aliphatic rings. The molecule has 1 saturated heterocycles. The molecule has 178 valence electrons. The topological polar surface area (TPSA) is 61.8 Å². The van der Waals surface area contributed by atoms with Crippen LogP contribution >= 0.6 is 0 Å². The van der Waals surface area contributed by atoms with Gasteiger partial charge in [-0.2, -0.15) is 0 Å². The van der Waals surface area contributed by atoms with Crippen molar-refractivity contribution in [3.8, 4) is 0 Å². The molecule has 4 atom stereocenters.